The summed E-state index contributed by atoms with van der Waals surface area (Å²) >= 11 is 0. The molecular weight excluding hydrogens is 326 g/mol. The number of aliphatic hydroxyl groups is 1. The molecule has 0 heterocycles. The van der Waals surface area contributed by atoms with Crippen molar-refractivity contribution >= 4 is 0 Å². The van der Waals surface area contributed by atoms with Crippen molar-refractivity contribution in [1.82, 2.24) is 0 Å². The number of unbranched alkanes of at least 4 members (excludes halogenated alkanes) is 15. The molecule has 0 aromatic rings. The number of hydrogen-bond donors (Lipinski definition) is 1. The molecule has 0 fully saturated rings. The second-order valence-corrected chi connectivity index (χ2v) is 7.42. The van der Waals surface area contributed by atoms with Crippen molar-refractivity contribution in [3.63, 3.8) is 0 Å². The van der Waals surface area contributed by atoms with E-state index in [1.165, 1.54) is 96.3 Å². The van der Waals surface area contributed by atoms with E-state index in [4.69, 9.17) is 15.4 Å². The minimum atomic E-state index is -0.443. The molecule has 0 saturated carbocycles. The summed E-state index contributed by atoms with van der Waals surface area (Å²) in [5.41, 5.74) is 8.31. The zero-order valence-corrected chi connectivity index (χ0v) is 17.2. The first kappa shape index (κ1) is 25.2. The van der Waals surface area contributed by atoms with Crippen LogP contribution in [-0.4, -0.2) is 31.0 Å². The van der Waals surface area contributed by atoms with Crippen molar-refractivity contribution in [2.45, 2.75) is 116 Å². The van der Waals surface area contributed by atoms with Gasteiger partial charge in [0.05, 0.1) is 19.3 Å². The lowest BCUT2D eigenvalue weighted by molar-refractivity contribution is 0.0981. The maximum absolute atomic E-state index is 8.96. The van der Waals surface area contributed by atoms with Gasteiger partial charge >= 0.3 is 0 Å². The first-order valence-corrected chi connectivity index (χ1v) is 11.1. The van der Waals surface area contributed by atoms with Crippen LogP contribution in [-0.2, 0) is 4.74 Å². The normalized spacial score (nSPS) is 12.1. The van der Waals surface area contributed by atoms with E-state index in [2.05, 4.69) is 16.9 Å². The smallest absolute Gasteiger partial charge is 0.0838 e. The Kier molecular flexibility index (Phi) is 21.6. The molecule has 0 spiro atoms. The molecule has 1 N–H and O–H groups in total. The summed E-state index contributed by atoms with van der Waals surface area (Å²) in [5, 5.41) is 12.4. The van der Waals surface area contributed by atoms with E-state index >= 15 is 0 Å². The predicted molar refractivity (Wildman–Crippen MR) is 110 cm³/mol. The van der Waals surface area contributed by atoms with Crippen LogP contribution in [0.5, 0.6) is 0 Å². The molecule has 5 heteroatoms. The van der Waals surface area contributed by atoms with Crippen LogP contribution in [0.4, 0.5) is 0 Å². The van der Waals surface area contributed by atoms with E-state index in [1.807, 2.05) is 0 Å². The van der Waals surface area contributed by atoms with Gasteiger partial charge in [-0.2, -0.15) is 0 Å². The van der Waals surface area contributed by atoms with Crippen LogP contribution in [0, 0.1) is 0 Å². The van der Waals surface area contributed by atoms with Gasteiger partial charge < -0.3 is 9.84 Å². The summed E-state index contributed by atoms with van der Waals surface area (Å²) in [6.07, 6.45) is 21.8. The van der Waals surface area contributed by atoms with E-state index in [0.29, 0.717) is 13.2 Å². The molecule has 0 rings (SSSR count). The average molecular weight is 370 g/mol. The molecule has 0 bridgehead atoms. The van der Waals surface area contributed by atoms with Crippen LogP contribution in [0.3, 0.4) is 0 Å². The van der Waals surface area contributed by atoms with Gasteiger partial charge in [0.1, 0.15) is 0 Å². The van der Waals surface area contributed by atoms with Gasteiger partial charge in [0, 0.05) is 11.5 Å². The maximum Gasteiger partial charge on any atom is 0.0838 e. The van der Waals surface area contributed by atoms with Crippen LogP contribution < -0.4 is 0 Å². The maximum atomic E-state index is 8.96. The van der Waals surface area contributed by atoms with Crippen molar-refractivity contribution < 1.29 is 9.84 Å². The highest BCUT2D eigenvalue weighted by atomic mass is 16.5. The van der Waals surface area contributed by atoms with Crippen LogP contribution in [0.2, 0.25) is 0 Å². The predicted octanol–water partition coefficient (Wildman–Crippen LogP) is 6.94. The first-order chi connectivity index (χ1) is 12.8. The lowest BCUT2D eigenvalue weighted by atomic mass is 10.0. The van der Waals surface area contributed by atoms with Crippen molar-refractivity contribution in [3.8, 4) is 0 Å². The van der Waals surface area contributed by atoms with E-state index in [9.17, 15) is 0 Å². The molecule has 1 unspecified atom stereocenters. The van der Waals surface area contributed by atoms with Crippen LogP contribution in [0.1, 0.15) is 110 Å². The topological polar surface area (TPSA) is 78.2 Å². The molecule has 1 atom stereocenters. The van der Waals surface area contributed by atoms with Gasteiger partial charge in [-0.25, -0.2) is 0 Å². The molecule has 0 aliphatic carbocycles. The van der Waals surface area contributed by atoms with Gasteiger partial charge in [0.15, 0.2) is 0 Å². The highest BCUT2D eigenvalue weighted by Gasteiger charge is 2.03. The summed E-state index contributed by atoms with van der Waals surface area (Å²) in [6.45, 7) is 3.14. The summed E-state index contributed by atoms with van der Waals surface area (Å²) < 4.78 is 5.43. The molecule has 5 nitrogen and oxygen atoms in total. The first-order valence-electron chi connectivity index (χ1n) is 11.1. The third-order valence-corrected chi connectivity index (χ3v) is 4.88. The minimum absolute atomic E-state index is 0.150. The standard InChI is InChI=1S/C21H43N3O2/c1-2-3-4-5-6-7-8-9-10-11-12-13-14-15-16-17-18-26-20-21(19-25)23-24-22/h21,25H,2-20H2,1H3. The Labute approximate surface area is 161 Å². The van der Waals surface area contributed by atoms with E-state index < -0.39 is 6.04 Å². The van der Waals surface area contributed by atoms with Gasteiger partial charge in [0.2, 0.25) is 0 Å². The summed E-state index contributed by atoms with van der Waals surface area (Å²) in [4.78, 5) is 2.69. The quantitative estimate of drug-likeness (QED) is 0.103. The second-order valence-electron chi connectivity index (χ2n) is 7.42. The number of ether oxygens (including phenoxy) is 1. The fraction of sp³-hybridized carbons (Fsp3) is 1.00. The van der Waals surface area contributed by atoms with Crippen molar-refractivity contribution in [3.05, 3.63) is 10.4 Å². The highest BCUT2D eigenvalue weighted by Crippen LogP contribution is 2.13. The number of rotatable bonds is 21. The molecular formula is C21H43N3O2. The van der Waals surface area contributed by atoms with Crippen molar-refractivity contribution in [1.29, 1.82) is 0 Å². The fourth-order valence-electron chi connectivity index (χ4n) is 3.17. The third-order valence-electron chi connectivity index (χ3n) is 4.88. The second kappa shape index (κ2) is 22.3. The van der Waals surface area contributed by atoms with Crippen LogP contribution >= 0.6 is 0 Å². The molecule has 0 aromatic heterocycles. The minimum Gasteiger partial charge on any atom is -0.396 e. The fourth-order valence-corrected chi connectivity index (χ4v) is 3.17. The van der Waals surface area contributed by atoms with Gasteiger partial charge in [-0.3, -0.25) is 0 Å². The van der Waals surface area contributed by atoms with Gasteiger partial charge in [-0.15, -0.1) is 0 Å². The Morgan fingerprint density at radius 1 is 0.769 bits per heavy atom. The lowest BCUT2D eigenvalue weighted by Crippen LogP contribution is -2.17. The van der Waals surface area contributed by atoms with E-state index in [-0.39, 0.29) is 6.61 Å². The molecule has 26 heavy (non-hydrogen) atoms. The Bertz CT molecular complexity index is 320. The zero-order valence-electron chi connectivity index (χ0n) is 17.2. The molecule has 154 valence electrons. The number of hydrogen-bond acceptors (Lipinski definition) is 3. The molecule has 0 aliphatic heterocycles. The third kappa shape index (κ3) is 19.6. The highest BCUT2D eigenvalue weighted by molar-refractivity contribution is 4.64. The lowest BCUT2D eigenvalue weighted by Gasteiger charge is -2.08. The zero-order chi connectivity index (χ0) is 19.1. The van der Waals surface area contributed by atoms with Crippen molar-refractivity contribution in [2.75, 3.05) is 19.8 Å². The molecule has 0 saturated heterocycles. The average Bonchev–Trinajstić information content (AvgIpc) is 2.66. The van der Waals surface area contributed by atoms with Crippen molar-refractivity contribution in [2.24, 2.45) is 5.11 Å². The molecule has 0 aliphatic rings. The number of aliphatic hydroxyl groups excluding tert-OH is 1. The van der Waals surface area contributed by atoms with E-state index in [0.717, 1.165) is 6.42 Å². The Hall–Kier alpha value is -0.770. The molecule has 0 amide bonds. The number of azide groups is 1. The molecule has 0 radical (unpaired) electrons. The Morgan fingerprint density at radius 2 is 1.19 bits per heavy atom. The van der Waals surface area contributed by atoms with Gasteiger partial charge in [0.25, 0.3) is 0 Å². The molecule has 0 aromatic carbocycles. The number of nitrogens with zero attached hydrogens (tertiary/aromatic N) is 3. The van der Waals surface area contributed by atoms with Gasteiger partial charge in [-0.1, -0.05) is 108 Å². The SMILES string of the molecule is CCCCCCCCCCCCCCCCCCOCC(CO)N=[N+]=[N-]. The van der Waals surface area contributed by atoms with Crippen LogP contribution in [0.15, 0.2) is 5.11 Å². The largest absolute Gasteiger partial charge is 0.396 e. The van der Waals surface area contributed by atoms with Gasteiger partial charge in [-0.05, 0) is 12.0 Å². The summed E-state index contributed by atoms with van der Waals surface area (Å²) in [6, 6.07) is -0.443. The summed E-state index contributed by atoms with van der Waals surface area (Å²) in [5.74, 6) is 0. The Balaban J connectivity index is 3.10. The monoisotopic (exact) mass is 369 g/mol. The van der Waals surface area contributed by atoms with E-state index in [1.54, 1.807) is 0 Å². The van der Waals surface area contributed by atoms with Crippen LogP contribution in [0.25, 0.3) is 10.4 Å². The summed E-state index contributed by atoms with van der Waals surface area (Å²) in [7, 11) is 0. The Morgan fingerprint density at radius 3 is 1.58 bits per heavy atom.